The molecule has 0 aliphatic carbocycles. The maximum atomic E-state index is 11.8. The highest BCUT2D eigenvalue weighted by Crippen LogP contribution is 2.29. The van der Waals surface area contributed by atoms with Gasteiger partial charge in [-0.25, -0.2) is 8.42 Å². The van der Waals surface area contributed by atoms with Gasteiger partial charge in [0.2, 0.25) is 0 Å². The maximum absolute atomic E-state index is 11.8. The molecule has 0 amide bonds. The predicted octanol–water partition coefficient (Wildman–Crippen LogP) is 3.71. The standard InChI is InChI=1S/C14H17NO2S2/c1-3-11(13-8-6-10-18-13)15-12-7-4-5-9-14(12)19(2,16)17/h4-11,15H,3H2,1-2H3. The Morgan fingerprint density at radius 3 is 2.53 bits per heavy atom. The van der Waals surface area contributed by atoms with Crippen molar-refractivity contribution in [3.05, 3.63) is 46.7 Å². The zero-order valence-electron chi connectivity index (χ0n) is 11.0. The third kappa shape index (κ3) is 3.36. The fourth-order valence-corrected chi connectivity index (χ4v) is 3.67. The smallest absolute Gasteiger partial charge is 0.177 e. The van der Waals surface area contributed by atoms with E-state index < -0.39 is 9.84 Å². The molecule has 0 bridgehead atoms. The quantitative estimate of drug-likeness (QED) is 0.914. The van der Waals surface area contributed by atoms with Crippen LogP contribution >= 0.6 is 11.3 Å². The molecule has 1 N–H and O–H groups in total. The van der Waals surface area contributed by atoms with Crippen LogP contribution in [0, 0.1) is 0 Å². The van der Waals surface area contributed by atoms with Gasteiger partial charge in [-0.3, -0.25) is 0 Å². The lowest BCUT2D eigenvalue weighted by atomic mass is 10.1. The third-order valence-corrected chi connectivity index (χ3v) is 5.05. The molecule has 1 heterocycles. The molecule has 2 rings (SSSR count). The number of rotatable bonds is 5. The summed E-state index contributed by atoms with van der Waals surface area (Å²) in [5, 5.41) is 5.37. The van der Waals surface area contributed by atoms with Crippen molar-refractivity contribution in [3.63, 3.8) is 0 Å². The normalized spacial score (nSPS) is 13.2. The molecule has 0 saturated carbocycles. The molecular formula is C14H17NO2S2. The Labute approximate surface area is 118 Å². The Bertz CT molecular complexity index is 633. The first-order valence-corrected chi connectivity index (χ1v) is 8.88. The van der Waals surface area contributed by atoms with Gasteiger partial charge < -0.3 is 5.32 Å². The topological polar surface area (TPSA) is 46.2 Å². The van der Waals surface area contributed by atoms with Crippen LogP contribution in [0.15, 0.2) is 46.7 Å². The number of nitrogens with one attached hydrogen (secondary N) is 1. The summed E-state index contributed by atoms with van der Waals surface area (Å²) in [5.41, 5.74) is 0.672. The van der Waals surface area contributed by atoms with Gasteiger partial charge in [-0.1, -0.05) is 25.1 Å². The first-order valence-electron chi connectivity index (χ1n) is 6.11. The average Bonchev–Trinajstić information content (AvgIpc) is 2.89. The van der Waals surface area contributed by atoms with Gasteiger partial charge in [0.1, 0.15) is 0 Å². The van der Waals surface area contributed by atoms with E-state index in [0.717, 1.165) is 6.42 Å². The predicted molar refractivity (Wildman–Crippen MR) is 80.5 cm³/mol. The van der Waals surface area contributed by atoms with Crippen LogP contribution < -0.4 is 5.32 Å². The third-order valence-electron chi connectivity index (χ3n) is 2.91. The van der Waals surface area contributed by atoms with E-state index in [2.05, 4.69) is 18.3 Å². The molecule has 2 aromatic rings. The van der Waals surface area contributed by atoms with Gasteiger partial charge in [-0.05, 0) is 30.0 Å². The second kappa shape index (κ2) is 5.75. The van der Waals surface area contributed by atoms with E-state index in [1.165, 1.54) is 11.1 Å². The van der Waals surface area contributed by atoms with Crippen molar-refractivity contribution in [2.75, 3.05) is 11.6 Å². The van der Waals surface area contributed by atoms with Crippen LogP contribution in [0.1, 0.15) is 24.3 Å². The lowest BCUT2D eigenvalue weighted by molar-refractivity contribution is 0.602. The summed E-state index contributed by atoms with van der Waals surface area (Å²) in [6, 6.07) is 11.3. The monoisotopic (exact) mass is 295 g/mol. The lowest BCUT2D eigenvalue weighted by Gasteiger charge is -2.18. The molecule has 3 nitrogen and oxygen atoms in total. The molecule has 19 heavy (non-hydrogen) atoms. The molecule has 0 saturated heterocycles. The molecule has 1 atom stereocenters. The minimum absolute atomic E-state index is 0.142. The summed E-state index contributed by atoms with van der Waals surface area (Å²) < 4.78 is 23.5. The summed E-state index contributed by atoms with van der Waals surface area (Å²) in [6.07, 6.45) is 2.14. The number of sulfone groups is 1. The molecule has 0 fully saturated rings. The molecule has 1 aromatic carbocycles. The molecule has 1 aromatic heterocycles. The maximum Gasteiger partial charge on any atom is 0.177 e. The van der Waals surface area contributed by atoms with Gasteiger partial charge in [-0.15, -0.1) is 11.3 Å². The van der Waals surface area contributed by atoms with E-state index in [1.54, 1.807) is 23.5 Å². The Hall–Kier alpha value is -1.33. The van der Waals surface area contributed by atoms with E-state index in [0.29, 0.717) is 10.6 Å². The Morgan fingerprint density at radius 2 is 1.95 bits per heavy atom. The van der Waals surface area contributed by atoms with Crippen molar-refractivity contribution in [1.82, 2.24) is 0 Å². The van der Waals surface area contributed by atoms with Crippen molar-refractivity contribution >= 4 is 26.9 Å². The minimum Gasteiger partial charge on any atom is -0.376 e. The lowest BCUT2D eigenvalue weighted by Crippen LogP contribution is -2.11. The van der Waals surface area contributed by atoms with Gasteiger partial charge in [0.25, 0.3) is 0 Å². The van der Waals surface area contributed by atoms with Gasteiger partial charge in [0.15, 0.2) is 9.84 Å². The highest BCUT2D eigenvalue weighted by atomic mass is 32.2. The van der Waals surface area contributed by atoms with Gasteiger partial charge >= 0.3 is 0 Å². The number of anilines is 1. The van der Waals surface area contributed by atoms with Crippen LogP contribution in [0.2, 0.25) is 0 Å². The molecule has 5 heteroatoms. The number of para-hydroxylation sites is 1. The van der Waals surface area contributed by atoms with Gasteiger partial charge in [-0.2, -0.15) is 0 Å². The molecule has 0 spiro atoms. The Balaban J connectivity index is 2.33. The van der Waals surface area contributed by atoms with E-state index in [-0.39, 0.29) is 6.04 Å². The highest BCUT2D eigenvalue weighted by molar-refractivity contribution is 7.90. The summed E-state index contributed by atoms with van der Waals surface area (Å²) in [4.78, 5) is 1.57. The molecular weight excluding hydrogens is 278 g/mol. The van der Waals surface area contributed by atoms with Crippen LogP contribution in [0.3, 0.4) is 0 Å². The number of thiophene rings is 1. The summed E-state index contributed by atoms with van der Waals surface area (Å²) in [7, 11) is -3.22. The first kappa shape index (κ1) is 14.1. The minimum atomic E-state index is -3.22. The van der Waals surface area contributed by atoms with Crippen LogP contribution in [-0.2, 0) is 9.84 Å². The fourth-order valence-electron chi connectivity index (χ4n) is 1.96. The Kier molecular flexibility index (Phi) is 4.27. The van der Waals surface area contributed by atoms with Crippen LogP contribution in [-0.4, -0.2) is 14.7 Å². The first-order chi connectivity index (χ1) is 9.02. The summed E-state index contributed by atoms with van der Waals surface area (Å²) in [5.74, 6) is 0. The van der Waals surface area contributed by atoms with Crippen LogP contribution in [0.4, 0.5) is 5.69 Å². The van der Waals surface area contributed by atoms with Crippen molar-refractivity contribution in [3.8, 4) is 0 Å². The van der Waals surface area contributed by atoms with E-state index >= 15 is 0 Å². The van der Waals surface area contributed by atoms with Crippen molar-refractivity contribution in [2.24, 2.45) is 0 Å². The summed E-state index contributed by atoms with van der Waals surface area (Å²) >= 11 is 1.68. The zero-order valence-corrected chi connectivity index (χ0v) is 12.6. The summed E-state index contributed by atoms with van der Waals surface area (Å²) in [6.45, 7) is 2.08. The van der Waals surface area contributed by atoms with E-state index in [9.17, 15) is 8.42 Å². The fraction of sp³-hybridized carbons (Fsp3) is 0.286. The molecule has 1 unspecified atom stereocenters. The SMILES string of the molecule is CCC(Nc1ccccc1S(C)(=O)=O)c1cccs1. The highest BCUT2D eigenvalue weighted by Gasteiger charge is 2.16. The number of hydrogen-bond acceptors (Lipinski definition) is 4. The second-order valence-corrected chi connectivity index (χ2v) is 7.35. The van der Waals surface area contributed by atoms with Gasteiger partial charge in [0, 0.05) is 11.1 Å². The Morgan fingerprint density at radius 1 is 1.21 bits per heavy atom. The molecule has 0 radical (unpaired) electrons. The number of benzene rings is 1. The average molecular weight is 295 g/mol. The van der Waals surface area contributed by atoms with Crippen molar-refractivity contribution in [2.45, 2.75) is 24.3 Å². The van der Waals surface area contributed by atoms with Crippen molar-refractivity contribution < 1.29 is 8.42 Å². The molecule has 0 aliphatic heterocycles. The van der Waals surface area contributed by atoms with E-state index in [4.69, 9.17) is 0 Å². The van der Waals surface area contributed by atoms with E-state index in [1.807, 2.05) is 23.6 Å². The largest absolute Gasteiger partial charge is 0.376 e. The van der Waals surface area contributed by atoms with Crippen LogP contribution in [0.25, 0.3) is 0 Å². The number of hydrogen-bond donors (Lipinski definition) is 1. The zero-order chi connectivity index (χ0) is 13.9. The molecule has 0 aliphatic rings. The van der Waals surface area contributed by atoms with Gasteiger partial charge in [0.05, 0.1) is 16.6 Å². The van der Waals surface area contributed by atoms with Crippen LogP contribution in [0.5, 0.6) is 0 Å². The van der Waals surface area contributed by atoms with Crippen molar-refractivity contribution in [1.29, 1.82) is 0 Å². The molecule has 102 valence electrons. The second-order valence-electron chi connectivity index (χ2n) is 4.39.